The lowest BCUT2D eigenvalue weighted by Gasteiger charge is -2.28. The highest BCUT2D eigenvalue weighted by molar-refractivity contribution is 5.83. The summed E-state index contributed by atoms with van der Waals surface area (Å²) in [5, 5.41) is 0.941. The van der Waals surface area contributed by atoms with E-state index in [1.165, 1.54) is 18.3 Å². The second kappa shape index (κ2) is 5.80. The quantitative estimate of drug-likeness (QED) is 0.717. The van der Waals surface area contributed by atoms with E-state index < -0.39 is 12.0 Å². The Labute approximate surface area is 140 Å². The zero-order valence-electron chi connectivity index (χ0n) is 13.1. The summed E-state index contributed by atoms with van der Waals surface area (Å²) in [5.74, 6) is -1.39. The third-order valence-electron chi connectivity index (χ3n) is 4.39. The molecule has 0 unspecified atom stereocenters. The highest BCUT2D eigenvalue weighted by Gasteiger charge is 2.35. The number of alkyl halides is 3. The molecule has 2 aromatic heterocycles. The van der Waals surface area contributed by atoms with Gasteiger partial charge in [-0.2, -0.15) is 13.2 Å². The van der Waals surface area contributed by atoms with Gasteiger partial charge in [0.05, 0.1) is 5.69 Å². The molecule has 1 aliphatic rings. The largest absolute Gasteiger partial charge is 0.451 e. The third-order valence-corrected chi connectivity index (χ3v) is 4.39. The Kier molecular flexibility index (Phi) is 3.72. The number of nitrogens with one attached hydrogen (secondary N) is 1. The molecule has 0 aliphatic carbocycles. The maximum absolute atomic E-state index is 13.3. The third kappa shape index (κ3) is 3.09. The average molecular weight is 350 g/mol. The van der Waals surface area contributed by atoms with Crippen molar-refractivity contribution in [3.8, 4) is 0 Å². The van der Waals surface area contributed by atoms with Crippen LogP contribution in [-0.4, -0.2) is 26.4 Å². The minimum atomic E-state index is -4.52. The molecule has 1 aliphatic heterocycles. The van der Waals surface area contributed by atoms with Crippen molar-refractivity contribution >= 4 is 10.9 Å². The number of halogens is 4. The predicted octanol–water partition coefficient (Wildman–Crippen LogP) is 3.67. The smallest absolute Gasteiger partial charge is 0.361 e. The first kappa shape index (κ1) is 16.0. The Morgan fingerprint density at radius 2 is 2.08 bits per heavy atom. The summed E-state index contributed by atoms with van der Waals surface area (Å²) < 4.78 is 51.4. The van der Waals surface area contributed by atoms with E-state index in [4.69, 9.17) is 0 Å². The number of hydrogen-bond acceptors (Lipinski definition) is 3. The monoisotopic (exact) mass is 350 g/mol. The topological polar surface area (TPSA) is 44.8 Å². The molecule has 0 atom stereocenters. The Hall–Kier alpha value is -2.48. The first-order valence-corrected chi connectivity index (χ1v) is 7.80. The van der Waals surface area contributed by atoms with E-state index in [0.717, 1.165) is 16.5 Å². The fourth-order valence-corrected chi connectivity index (χ4v) is 3.18. The van der Waals surface area contributed by atoms with Crippen LogP contribution in [0.4, 0.5) is 17.6 Å². The molecule has 1 aromatic carbocycles. The second-order valence-corrected chi connectivity index (χ2v) is 6.13. The van der Waals surface area contributed by atoms with E-state index in [0.29, 0.717) is 37.3 Å². The number of aromatic amines is 1. The lowest BCUT2D eigenvalue weighted by molar-refractivity contribution is -0.145. The van der Waals surface area contributed by atoms with Gasteiger partial charge in [0, 0.05) is 54.9 Å². The summed E-state index contributed by atoms with van der Waals surface area (Å²) in [7, 11) is 0. The van der Waals surface area contributed by atoms with Crippen LogP contribution in [0, 0.1) is 5.82 Å². The molecule has 0 saturated carbocycles. The molecule has 0 bridgehead atoms. The average Bonchev–Trinajstić information content (AvgIpc) is 2.95. The minimum absolute atomic E-state index is 0.301. The van der Waals surface area contributed by atoms with Gasteiger partial charge in [0.15, 0.2) is 0 Å². The Bertz CT molecular complexity index is 932. The van der Waals surface area contributed by atoms with Crippen LogP contribution in [0.5, 0.6) is 0 Å². The van der Waals surface area contributed by atoms with Crippen molar-refractivity contribution in [2.45, 2.75) is 25.7 Å². The SMILES string of the molecule is Fc1ccc2c(CN3CCc4nc(C(F)(F)F)ncc4C3)c[nH]c2c1. The fourth-order valence-electron chi connectivity index (χ4n) is 3.18. The molecule has 0 fully saturated rings. The first-order chi connectivity index (χ1) is 11.9. The summed E-state index contributed by atoms with van der Waals surface area (Å²) >= 11 is 0. The summed E-state index contributed by atoms with van der Waals surface area (Å²) in [5.41, 5.74) is 2.92. The van der Waals surface area contributed by atoms with E-state index in [-0.39, 0.29) is 5.82 Å². The molecule has 0 spiro atoms. The van der Waals surface area contributed by atoms with Crippen molar-refractivity contribution in [2.75, 3.05) is 6.54 Å². The lowest BCUT2D eigenvalue weighted by atomic mass is 10.1. The number of hydrogen-bond donors (Lipinski definition) is 1. The van der Waals surface area contributed by atoms with Crippen LogP contribution < -0.4 is 0 Å². The number of rotatable bonds is 2. The summed E-state index contributed by atoms with van der Waals surface area (Å²) in [6.07, 6.45) is -0.978. The van der Waals surface area contributed by atoms with E-state index in [9.17, 15) is 17.6 Å². The molecular weight excluding hydrogens is 336 g/mol. The van der Waals surface area contributed by atoms with Gasteiger partial charge in [0.25, 0.3) is 0 Å². The van der Waals surface area contributed by atoms with Crippen LogP contribution >= 0.6 is 0 Å². The van der Waals surface area contributed by atoms with Gasteiger partial charge < -0.3 is 4.98 Å². The fraction of sp³-hybridized carbons (Fsp3) is 0.294. The normalized spacial score (nSPS) is 15.5. The molecule has 8 heteroatoms. The van der Waals surface area contributed by atoms with Gasteiger partial charge in [-0.05, 0) is 23.8 Å². The summed E-state index contributed by atoms with van der Waals surface area (Å²) in [4.78, 5) is 12.3. The molecule has 0 radical (unpaired) electrons. The lowest BCUT2D eigenvalue weighted by Crippen LogP contribution is -2.31. The van der Waals surface area contributed by atoms with Gasteiger partial charge in [-0.25, -0.2) is 14.4 Å². The van der Waals surface area contributed by atoms with E-state index in [1.807, 2.05) is 6.20 Å². The van der Waals surface area contributed by atoms with Crippen LogP contribution in [0.1, 0.15) is 22.6 Å². The first-order valence-electron chi connectivity index (χ1n) is 7.80. The summed E-state index contributed by atoms with van der Waals surface area (Å²) in [6.45, 7) is 1.71. The molecule has 3 heterocycles. The zero-order chi connectivity index (χ0) is 17.6. The summed E-state index contributed by atoms with van der Waals surface area (Å²) in [6, 6.07) is 4.58. The van der Waals surface area contributed by atoms with Crippen molar-refractivity contribution in [1.82, 2.24) is 19.9 Å². The van der Waals surface area contributed by atoms with Crippen LogP contribution in [-0.2, 0) is 25.7 Å². The van der Waals surface area contributed by atoms with E-state index in [2.05, 4.69) is 19.9 Å². The molecule has 4 nitrogen and oxygen atoms in total. The van der Waals surface area contributed by atoms with Crippen LogP contribution in [0.2, 0.25) is 0 Å². The van der Waals surface area contributed by atoms with Gasteiger partial charge in [0.2, 0.25) is 5.82 Å². The van der Waals surface area contributed by atoms with Gasteiger partial charge in [-0.15, -0.1) is 0 Å². The van der Waals surface area contributed by atoms with Crippen molar-refractivity contribution in [3.63, 3.8) is 0 Å². The molecule has 1 N–H and O–H groups in total. The number of H-pyrrole nitrogens is 1. The highest BCUT2D eigenvalue weighted by atomic mass is 19.4. The van der Waals surface area contributed by atoms with Gasteiger partial charge in [0.1, 0.15) is 5.82 Å². The Morgan fingerprint density at radius 3 is 2.88 bits per heavy atom. The minimum Gasteiger partial charge on any atom is -0.361 e. The maximum Gasteiger partial charge on any atom is 0.451 e. The zero-order valence-corrected chi connectivity index (χ0v) is 13.1. The molecular formula is C17H14F4N4. The highest BCUT2D eigenvalue weighted by Crippen LogP contribution is 2.28. The van der Waals surface area contributed by atoms with Crippen molar-refractivity contribution in [2.24, 2.45) is 0 Å². The molecule has 25 heavy (non-hydrogen) atoms. The van der Waals surface area contributed by atoms with Crippen molar-refractivity contribution in [3.05, 3.63) is 59.1 Å². The molecule has 0 saturated heterocycles. The standard InChI is InChI=1S/C17H14F4N4/c18-12-1-2-13-10(6-22-15(13)5-12)8-25-4-3-14-11(9-25)7-23-16(24-14)17(19,20)21/h1-2,5-7,22H,3-4,8-9H2. The number of fused-ring (bicyclic) bond motifs is 2. The van der Waals surface area contributed by atoms with Crippen LogP contribution in [0.3, 0.4) is 0 Å². The number of aromatic nitrogens is 3. The number of benzene rings is 1. The van der Waals surface area contributed by atoms with Gasteiger partial charge in [-0.1, -0.05) is 0 Å². The van der Waals surface area contributed by atoms with Crippen molar-refractivity contribution in [1.29, 1.82) is 0 Å². The Morgan fingerprint density at radius 1 is 1.24 bits per heavy atom. The second-order valence-electron chi connectivity index (χ2n) is 6.13. The van der Waals surface area contributed by atoms with Crippen LogP contribution in [0.25, 0.3) is 10.9 Å². The van der Waals surface area contributed by atoms with Gasteiger partial charge >= 0.3 is 6.18 Å². The number of nitrogens with zero attached hydrogens (tertiary/aromatic N) is 3. The molecule has 0 amide bonds. The van der Waals surface area contributed by atoms with Gasteiger partial charge in [-0.3, -0.25) is 4.90 Å². The van der Waals surface area contributed by atoms with Crippen molar-refractivity contribution < 1.29 is 17.6 Å². The predicted molar refractivity (Wildman–Crippen MR) is 83.1 cm³/mol. The molecule has 3 aromatic rings. The Balaban J connectivity index is 1.54. The molecule has 130 valence electrons. The maximum atomic E-state index is 13.3. The van der Waals surface area contributed by atoms with Crippen LogP contribution in [0.15, 0.2) is 30.6 Å². The van der Waals surface area contributed by atoms with E-state index >= 15 is 0 Å². The van der Waals surface area contributed by atoms with E-state index in [1.54, 1.807) is 6.07 Å². The molecule has 4 rings (SSSR count).